The Morgan fingerprint density at radius 3 is 2.81 bits per heavy atom. The van der Waals surface area contributed by atoms with Crippen LogP contribution in [0, 0.1) is 6.92 Å². The lowest BCUT2D eigenvalue weighted by atomic mass is 10.2. The summed E-state index contributed by atoms with van der Waals surface area (Å²) in [7, 11) is 0. The Balaban J connectivity index is 2.02. The molecule has 4 nitrogen and oxygen atoms in total. The average molecular weight is 214 g/mol. The summed E-state index contributed by atoms with van der Waals surface area (Å²) < 4.78 is 0. The van der Waals surface area contributed by atoms with Gasteiger partial charge in [-0.1, -0.05) is 6.07 Å². The fraction of sp³-hybridized carbons (Fsp3) is 0.167. The fourth-order valence-electron chi connectivity index (χ4n) is 1.37. The molecule has 0 amide bonds. The molecule has 2 heterocycles. The summed E-state index contributed by atoms with van der Waals surface area (Å²) >= 11 is 0. The van der Waals surface area contributed by atoms with E-state index in [-0.39, 0.29) is 0 Å². The van der Waals surface area contributed by atoms with E-state index in [1.165, 1.54) is 0 Å². The number of aryl methyl sites for hydroxylation is 1. The molecule has 0 bridgehead atoms. The zero-order chi connectivity index (χ0) is 11.4. The van der Waals surface area contributed by atoms with Crippen LogP contribution in [0.25, 0.3) is 0 Å². The zero-order valence-electron chi connectivity index (χ0n) is 9.14. The maximum atomic E-state index is 5.72. The first-order chi connectivity index (χ1) is 7.75. The van der Waals surface area contributed by atoms with Crippen LogP contribution in [0.1, 0.15) is 11.3 Å². The molecule has 0 radical (unpaired) electrons. The molecule has 0 saturated carbocycles. The number of nitrogen functional groups attached to an aromatic ring is 1. The van der Waals surface area contributed by atoms with E-state index in [1.807, 2.05) is 37.4 Å². The van der Waals surface area contributed by atoms with Gasteiger partial charge in [0.15, 0.2) is 0 Å². The number of nitrogens with two attached hydrogens (primary N) is 1. The number of rotatable bonds is 3. The van der Waals surface area contributed by atoms with Crippen molar-refractivity contribution in [2.24, 2.45) is 0 Å². The van der Waals surface area contributed by atoms with Crippen LogP contribution in [0.5, 0.6) is 0 Å². The van der Waals surface area contributed by atoms with Gasteiger partial charge in [-0.25, -0.2) is 4.98 Å². The van der Waals surface area contributed by atoms with Crippen molar-refractivity contribution >= 4 is 11.5 Å². The van der Waals surface area contributed by atoms with Gasteiger partial charge in [0.1, 0.15) is 5.82 Å². The van der Waals surface area contributed by atoms with Gasteiger partial charge in [-0.15, -0.1) is 0 Å². The van der Waals surface area contributed by atoms with Crippen molar-refractivity contribution < 1.29 is 0 Å². The molecule has 82 valence electrons. The highest BCUT2D eigenvalue weighted by Crippen LogP contribution is 2.14. The van der Waals surface area contributed by atoms with E-state index in [0.717, 1.165) is 16.9 Å². The predicted molar refractivity (Wildman–Crippen MR) is 65.0 cm³/mol. The average Bonchev–Trinajstić information content (AvgIpc) is 2.30. The molecule has 16 heavy (non-hydrogen) atoms. The summed E-state index contributed by atoms with van der Waals surface area (Å²) in [5, 5.41) is 3.22. The van der Waals surface area contributed by atoms with E-state index in [9.17, 15) is 0 Å². The van der Waals surface area contributed by atoms with Gasteiger partial charge in [-0.2, -0.15) is 0 Å². The number of aromatic nitrogens is 2. The van der Waals surface area contributed by atoms with Crippen molar-refractivity contribution in [2.45, 2.75) is 13.5 Å². The second-order valence-corrected chi connectivity index (χ2v) is 3.60. The van der Waals surface area contributed by atoms with Gasteiger partial charge in [0.25, 0.3) is 0 Å². The van der Waals surface area contributed by atoms with Gasteiger partial charge < -0.3 is 11.1 Å². The van der Waals surface area contributed by atoms with Gasteiger partial charge in [0.2, 0.25) is 0 Å². The molecule has 2 aromatic rings. The molecule has 0 saturated heterocycles. The quantitative estimate of drug-likeness (QED) is 0.820. The van der Waals surface area contributed by atoms with Crippen molar-refractivity contribution in [1.82, 2.24) is 9.97 Å². The van der Waals surface area contributed by atoms with Crippen LogP contribution in [-0.2, 0) is 6.54 Å². The second kappa shape index (κ2) is 4.61. The number of nitrogens with one attached hydrogen (secondary N) is 1. The highest BCUT2D eigenvalue weighted by atomic mass is 14.9. The number of hydrogen-bond donors (Lipinski definition) is 2. The maximum absolute atomic E-state index is 5.72. The molecule has 0 aliphatic rings. The molecule has 0 aliphatic heterocycles. The third kappa shape index (κ3) is 2.48. The van der Waals surface area contributed by atoms with Gasteiger partial charge >= 0.3 is 0 Å². The largest absolute Gasteiger partial charge is 0.382 e. The van der Waals surface area contributed by atoms with E-state index < -0.39 is 0 Å². The van der Waals surface area contributed by atoms with E-state index in [2.05, 4.69) is 15.3 Å². The molecule has 2 rings (SSSR count). The van der Waals surface area contributed by atoms with Crippen molar-refractivity contribution in [1.29, 1.82) is 0 Å². The topological polar surface area (TPSA) is 63.8 Å². The Bertz CT molecular complexity index is 465. The summed E-state index contributed by atoms with van der Waals surface area (Å²) in [5.41, 5.74) is 8.71. The standard InChI is InChI=1S/C12H14N4/c1-9-4-5-10(7-15-9)8-16-11-3-2-6-14-12(11)13/h2-7,16H,8H2,1H3,(H2,13,14). The van der Waals surface area contributed by atoms with Crippen LogP contribution in [-0.4, -0.2) is 9.97 Å². The molecule has 0 unspecified atom stereocenters. The predicted octanol–water partition coefficient (Wildman–Crippen LogP) is 1.98. The Hall–Kier alpha value is -2.10. The van der Waals surface area contributed by atoms with Crippen molar-refractivity contribution in [2.75, 3.05) is 11.1 Å². The van der Waals surface area contributed by atoms with Crippen LogP contribution in [0.15, 0.2) is 36.7 Å². The Morgan fingerprint density at radius 1 is 1.25 bits per heavy atom. The van der Waals surface area contributed by atoms with E-state index >= 15 is 0 Å². The first kappa shape index (κ1) is 10.4. The molecule has 0 aliphatic carbocycles. The highest BCUT2D eigenvalue weighted by molar-refractivity contribution is 5.60. The molecular weight excluding hydrogens is 200 g/mol. The third-order valence-corrected chi connectivity index (χ3v) is 2.29. The monoisotopic (exact) mass is 214 g/mol. The Labute approximate surface area is 94.5 Å². The number of anilines is 2. The minimum atomic E-state index is 0.516. The van der Waals surface area contributed by atoms with Crippen molar-refractivity contribution in [3.63, 3.8) is 0 Å². The summed E-state index contributed by atoms with van der Waals surface area (Å²) in [5.74, 6) is 0.516. The molecule has 0 aromatic carbocycles. The van der Waals surface area contributed by atoms with E-state index in [4.69, 9.17) is 5.73 Å². The SMILES string of the molecule is Cc1ccc(CNc2cccnc2N)cn1. The van der Waals surface area contributed by atoms with E-state index in [0.29, 0.717) is 12.4 Å². The summed E-state index contributed by atoms with van der Waals surface area (Å²) in [6, 6.07) is 7.79. The number of hydrogen-bond acceptors (Lipinski definition) is 4. The minimum Gasteiger partial charge on any atom is -0.382 e. The molecule has 3 N–H and O–H groups in total. The highest BCUT2D eigenvalue weighted by Gasteiger charge is 1.98. The lowest BCUT2D eigenvalue weighted by Gasteiger charge is -2.07. The van der Waals surface area contributed by atoms with Crippen LogP contribution >= 0.6 is 0 Å². The smallest absolute Gasteiger partial charge is 0.146 e. The van der Waals surface area contributed by atoms with Gasteiger partial charge in [0, 0.05) is 24.6 Å². The Morgan fingerprint density at radius 2 is 2.12 bits per heavy atom. The first-order valence-corrected chi connectivity index (χ1v) is 5.11. The second-order valence-electron chi connectivity index (χ2n) is 3.60. The van der Waals surface area contributed by atoms with Crippen LogP contribution in [0.3, 0.4) is 0 Å². The third-order valence-electron chi connectivity index (χ3n) is 2.29. The summed E-state index contributed by atoms with van der Waals surface area (Å²) in [6.45, 7) is 2.67. The maximum Gasteiger partial charge on any atom is 0.146 e. The summed E-state index contributed by atoms with van der Waals surface area (Å²) in [6.07, 6.45) is 3.53. The molecule has 2 aromatic heterocycles. The molecular formula is C12H14N4. The van der Waals surface area contributed by atoms with Crippen LogP contribution in [0.2, 0.25) is 0 Å². The fourth-order valence-corrected chi connectivity index (χ4v) is 1.37. The van der Waals surface area contributed by atoms with Crippen molar-refractivity contribution in [3.8, 4) is 0 Å². The lowest BCUT2D eigenvalue weighted by molar-refractivity contribution is 1.08. The van der Waals surface area contributed by atoms with Gasteiger partial charge in [-0.3, -0.25) is 4.98 Å². The molecule has 4 heteroatoms. The Kier molecular flexibility index (Phi) is 3.00. The zero-order valence-corrected chi connectivity index (χ0v) is 9.14. The summed E-state index contributed by atoms with van der Waals surface area (Å²) in [4.78, 5) is 8.23. The number of nitrogens with zero attached hydrogens (tertiary/aromatic N) is 2. The number of pyridine rings is 2. The van der Waals surface area contributed by atoms with Gasteiger partial charge in [-0.05, 0) is 30.7 Å². The first-order valence-electron chi connectivity index (χ1n) is 5.11. The molecule has 0 atom stereocenters. The van der Waals surface area contributed by atoms with Crippen molar-refractivity contribution in [3.05, 3.63) is 47.9 Å². The van der Waals surface area contributed by atoms with Gasteiger partial charge in [0.05, 0.1) is 5.69 Å². The molecule has 0 spiro atoms. The normalized spacial score (nSPS) is 10.1. The lowest BCUT2D eigenvalue weighted by Crippen LogP contribution is -2.03. The van der Waals surface area contributed by atoms with Crippen LogP contribution < -0.4 is 11.1 Å². The molecule has 0 fully saturated rings. The van der Waals surface area contributed by atoms with Crippen LogP contribution in [0.4, 0.5) is 11.5 Å². The van der Waals surface area contributed by atoms with E-state index in [1.54, 1.807) is 6.20 Å². The minimum absolute atomic E-state index is 0.516.